The second kappa shape index (κ2) is 10.7. The van der Waals surface area contributed by atoms with Gasteiger partial charge in [0, 0.05) is 11.6 Å². The molecule has 0 saturated carbocycles. The van der Waals surface area contributed by atoms with Crippen molar-refractivity contribution in [3.63, 3.8) is 0 Å². The van der Waals surface area contributed by atoms with Crippen LogP contribution in [0, 0.1) is 11.6 Å². The molecule has 8 heteroatoms. The zero-order valence-electron chi connectivity index (χ0n) is 17.3. The molecule has 0 fully saturated rings. The van der Waals surface area contributed by atoms with Crippen LogP contribution in [0.15, 0.2) is 66.7 Å². The van der Waals surface area contributed by atoms with E-state index in [9.17, 15) is 18.4 Å². The fourth-order valence-electron chi connectivity index (χ4n) is 2.98. The van der Waals surface area contributed by atoms with Crippen molar-refractivity contribution in [2.45, 2.75) is 13.5 Å². The molecule has 32 heavy (non-hydrogen) atoms. The Morgan fingerprint density at radius 2 is 1.62 bits per heavy atom. The van der Waals surface area contributed by atoms with Crippen molar-refractivity contribution in [1.82, 2.24) is 4.90 Å². The van der Waals surface area contributed by atoms with Gasteiger partial charge in [-0.1, -0.05) is 41.9 Å². The number of ether oxygens (including phenoxy) is 1. The molecule has 1 N–H and O–H groups in total. The molecule has 0 aromatic heterocycles. The van der Waals surface area contributed by atoms with E-state index in [1.807, 2.05) is 12.1 Å². The number of nitrogens with one attached hydrogen (secondary N) is 1. The maximum Gasteiger partial charge on any atom is 0.258 e. The van der Waals surface area contributed by atoms with E-state index in [1.165, 1.54) is 11.0 Å². The normalized spacial score (nSPS) is 10.5. The Kier molecular flexibility index (Phi) is 7.78. The van der Waals surface area contributed by atoms with Gasteiger partial charge in [-0.05, 0) is 48.9 Å². The predicted octanol–water partition coefficient (Wildman–Crippen LogP) is 5.30. The van der Waals surface area contributed by atoms with Crippen LogP contribution in [0.2, 0.25) is 5.02 Å². The molecule has 0 unspecified atom stereocenters. The van der Waals surface area contributed by atoms with Gasteiger partial charge in [0.1, 0.15) is 36.2 Å². The maximum absolute atomic E-state index is 13.8. The minimum atomic E-state index is -0.895. The van der Waals surface area contributed by atoms with E-state index in [1.54, 1.807) is 43.3 Å². The third-order valence-corrected chi connectivity index (χ3v) is 4.91. The first kappa shape index (κ1) is 23.2. The standard InChI is InChI=1S/C24H21ClF2N2O3/c1-2-29(14-22(30)28-23-19(26)7-5-8-20(23)27)24(31)18-6-3-4-9-21(18)32-15-16-10-12-17(25)13-11-16/h3-13H,2,14-15H2,1H3,(H,28,30). The molecule has 0 aliphatic rings. The summed E-state index contributed by atoms with van der Waals surface area (Å²) in [6.45, 7) is 1.75. The summed E-state index contributed by atoms with van der Waals surface area (Å²) < 4.78 is 33.4. The lowest BCUT2D eigenvalue weighted by molar-refractivity contribution is -0.116. The van der Waals surface area contributed by atoms with Gasteiger partial charge in [-0.15, -0.1) is 0 Å². The van der Waals surface area contributed by atoms with Gasteiger partial charge >= 0.3 is 0 Å². The summed E-state index contributed by atoms with van der Waals surface area (Å²) in [5.41, 5.74) is 0.594. The Morgan fingerprint density at radius 3 is 2.28 bits per heavy atom. The van der Waals surface area contributed by atoms with E-state index >= 15 is 0 Å². The van der Waals surface area contributed by atoms with E-state index in [-0.39, 0.29) is 25.3 Å². The molecule has 0 atom stereocenters. The largest absolute Gasteiger partial charge is 0.488 e. The number of anilines is 1. The third kappa shape index (κ3) is 5.82. The number of benzene rings is 3. The number of carbonyl (C=O) groups is 2. The van der Waals surface area contributed by atoms with Crippen molar-refractivity contribution in [1.29, 1.82) is 0 Å². The van der Waals surface area contributed by atoms with Crippen molar-refractivity contribution in [2.24, 2.45) is 0 Å². The highest BCUT2D eigenvalue weighted by molar-refractivity contribution is 6.30. The molecule has 3 rings (SSSR count). The Bertz CT molecular complexity index is 1090. The Hall–Kier alpha value is -3.45. The van der Waals surface area contributed by atoms with Crippen LogP contribution in [0.1, 0.15) is 22.8 Å². The number of hydrogen-bond acceptors (Lipinski definition) is 3. The molecule has 0 radical (unpaired) electrons. The fraction of sp³-hybridized carbons (Fsp3) is 0.167. The number of nitrogens with zero attached hydrogens (tertiary/aromatic N) is 1. The zero-order chi connectivity index (χ0) is 23.1. The van der Waals surface area contributed by atoms with Gasteiger partial charge in [0.2, 0.25) is 5.91 Å². The molecule has 166 valence electrons. The first-order valence-corrected chi connectivity index (χ1v) is 10.3. The number of hydrogen-bond donors (Lipinski definition) is 1. The number of carbonyl (C=O) groups excluding carboxylic acids is 2. The van der Waals surface area contributed by atoms with Gasteiger partial charge in [-0.25, -0.2) is 8.78 Å². The van der Waals surface area contributed by atoms with Gasteiger partial charge in [-0.2, -0.15) is 0 Å². The smallest absolute Gasteiger partial charge is 0.258 e. The van der Waals surface area contributed by atoms with Gasteiger partial charge in [0.05, 0.1) is 5.56 Å². The van der Waals surface area contributed by atoms with E-state index in [0.29, 0.717) is 10.8 Å². The van der Waals surface area contributed by atoms with Gasteiger partial charge in [0.15, 0.2) is 0 Å². The number of amides is 2. The maximum atomic E-state index is 13.8. The van der Waals surface area contributed by atoms with Crippen molar-refractivity contribution in [3.8, 4) is 5.75 Å². The molecule has 0 aliphatic heterocycles. The Morgan fingerprint density at radius 1 is 0.969 bits per heavy atom. The lowest BCUT2D eigenvalue weighted by Crippen LogP contribution is -2.38. The van der Waals surface area contributed by atoms with Crippen LogP contribution in [-0.4, -0.2) is 29.8 Å². The number of halogens is 3. The molecule has 0 spiro atoms. The van der Waals surface area contributed by atoms with Crippen molar-refractivity contribution < 1.29 is 23.1 Å². The van der Waals surface area contributed by atoms with Crippen LogP contribution in [0.4, 0.5) is 14.5 Å². The highest BCUT2D eigenvalue weighted by atomic mass is 35.5. The first-order chi connectivity index (χ1) is 15.4. The van der Waals surface area contributed by atoms with E-state index in [0.717, 1.165) is 17.7 Å². The van der Waals surface area contributed by atoms with Crippen LogP contribution in [0.5, 0.6) is 5.75 Å². The second-order valence-corrected chi connectivity index (χ2v) is 7.31. The average Bonchev–Trinajstić information content (AvgIpc) is 2.79. The molecule has 0 bridgehead atoms. The molecule has 3 aromatic rings. The molecule has 3 aromatic carbocycles. The molecule has 0 heterocycles. The van der Waals surface area contributed by atoms with Crippen molar-refractivity contribution >= 4 is 29.1 Å². The summed E-state index contributed by atoms with van der Waals surface area (Å²) >= 11 is 5.89. The van der Waals surface area contributed by atoms with Gasteiger partial charge < -0.3 is 15.0 Å². The van der Waals surface area contributed by atoms with Crippen LogP contribution in [0.25, 0.3) is 0 Å². The van der Waals surface area contributed by atoms with Crippen LogP contribution < -0.4 is 10.1 Å². The Balaban J connectivity index is 1.70. The van der Waals surface area contributed by atoms with Gasteiger partial charge in [-0.3, -0.25) is 9.59 Å². The topological polar surface area (TPSA) is 58.6 Å². The molecular weight excluding hydrogens is 438 g/mol. The lowest BCUT2D eigenvalue weighted by atomic mass is 10.1. The van der Waals surface area contributed by atoms with Crippen molar-refractivity contribution in [2.75, 3.05) is 18.4 Å². The predicted molar refractivity (Wildman–Crippen MR) is 119 cm³/mol. The SMILES string of the molecule is CCN(CC(=O)Nc1c(F)cccc1F)C(=O)c1ccccc1OCc1ccc(Cl)cc1. The fourth-order valence-corrected chi connectivity index (χ4v) is 3.10. The number of likely N-dealkylation sites (N-methyl/N-ethyl adjacent to an activating group) is 1. The minimum absolute atomic E-state index is 0.206. The summed E-state index contributed by atoms with van der Waals surface area (Å²) in [7, 11) is 0. The molecule has 5 nitrogen and oxygen atoms in total. The average molecular weight is 459 g/mol. The van der Waals surface area contributed by atoms with Crippen molar-refractivity contribution in [3.05, 3.63) is 94.5 Å². The molecule has 0 aliphatic carbocycles. The third-order valence-electron chi connectivity index (χ3n) is 4.66. The summed E-state index contributed by atoms with van der Waals surface area (Å²) in [6, 6.07) is 17.1. The lowest BCUT2D eigenvalue weighted by Gasteiger charge is -2.22. The quantitative estimate of drug-likeness (QED) is 0.498. The zero-order valence-corrected chi connectivity index (χ0v) is 18.0. The van der Waals surface area contributed by atoms with Crippen LogP contribution in [-0.2, 0) is 11.4 Å². The van der Waals surface area contributed by atoms with Crippen LogP contribution >= 0.6 is 11.6 Å². The first-order valence-electron chi connectivity index (χ1n) is 9.88. The minimum Gasteiger partial charge on any atom is -0.488 e. The van der Waals surface area contributed by atoms with Crippen LogP contribution in [0.3, 0.4) is 0 Å². The summed E-state index contributed by atoms with van der Waals surface area (Å²) in [5.74, 6) is -2.60. The second-order valence-electron chi connectivity index (χ2n) is 6.88. The number of rotatable bonds is 8. The molecule has 0 saturated heterocycles. The highest BCUT2D eigenvalue weighted by Gasteiger charge is 2.22. The molecule has 2 amide bonds. The van der Waals surface area contributed by atoms with E-state index in [4.69, 9.17) is 16.3 Å². The van der Waals surface area contributed by atoms with E-state index < -0.39 is 29.1 Å². The summed E-state index contributed by atoms with van der Waals surface area (Å²) in [4.78, 5) is 26.7. The number of para-hydroxylation sites is 2. The highest BCUT2D eigenvalue weighted by Crippen LogP contribution is 2.22. The Labute approximate surface area is 189 Å². The molecular formula is C24H21ClF2N2O3. The summed E-state index contributed by atoms with van der Waals surface area (Å²) in [5, 5.41) is 2.80. The van der Waals surface area contributed by atoms with E-state index in [2.05, 4.69) is 5.32 Å². The summed E-state index contributed by atoms with van der Waals surface area (Å²) in [6.07, 6.45) is 0. The van der Waals surface area contributed by atoms with Gasteiger partial charge in [0.25, 0.3) is 5.91 Å². The monoisotopic (exact) mass is 458 g/mol.